The van der Waals surface area contributed by atoms with Crippen molar-refractivity contribution in [2.24, 2.45) is 11.7 Å². The van der Waals surface area contributed by atoms with Crippen LogP contribution in [0, 0.1) is 11.7 Å². The van der Waals surface area contributed by atoms with Crippen molar-refractivity contribution >= 4 is 17.1 Å². The van der Waals surface area contributed by atoms with Crippen LogP contribution in [0.2, 0.25) is 0 Å². The Labute approximate surface area is 191 Å². The zero-order valence-electron chi connectivity index (χ0n) is 18.8. The predicted octanol–water partition coefficient (Wildman–Crippen LogP) is 3.49. The number of rotatable bonds is 4. The summed E-state index contributed by atoms with van der Waals surface area (Å²) in [5, 5.41) is 30.2. The van der Waals surface area contributed by atoms with Gasteiger partial charge >= 0.3 is 0 Å². The zero-order chi connectivity index (χ0) is 23.6. The number of halogens is 1. The number of hydrogen-bond acceptors (Lipinski definition) is 5. The highest BCUT2D eigenvalue weighted by molar-refractivity contribution is 6.02. The van der Waals surface area contributed by atoms with Gasteiger partial charge in [-0.15, -0.1) is 0 Å². The largest absolute Gasteiger partial charge is 0.390 e. The van der Waals surface area contributed by atoms with Crippen molar-refractivity contribution in [3.05, 3.63) is 54.1 Å². The third-order valence-corrected chi connectivity index (χ3v) is 7.03. The first-order chi connectivity index (χ1) is 15.5. The average Bonchev–Trinajstić information content (AvgIpc) is 3.10. The van der Waals surface area contributed by atoms with Crippen LogP contribution in [0.5, 0.6) is 0 Å². The minimum absolute atomic E-state index is 0.240. The van der Waals surface area contributed by atoms with Crippen LogP contribution in [0.1, 0.15) is 56.3 Å². The molecular formula is C25H29FN4O3. The van der Waals surface area contributed by atoms with Crippen molar-refractivity contribution in [1.29, 1.82) is 0 Å². The summed E-state index contributed by atoms with van der Waals surface area (Å²) in [7, 11) is 0. The quantitative estimate of drug-likeness (QED) is 0.484. The lowest BCUT2D eigenvalue weighted by Gasteiger charge is -2.57. The second-order valence-corrected chi connectivity index (χ2v) is 10.5. The zero-order valence-corrected chi connectivity index (χ0v) is 18.8. The molecule has 2 heterocycles. The van der Waals surface area contributed by atoms with Crippen LogP contribution in [0.4, 0.5) is 10.1 Å². The van der Waals surface area contributed by atoms with Gasteiger partial charge in [0.2, 0.25) is 0 Å². The van der Waals surface area contributed by atoms with Crippen molar-refractivity contribution < 1.29 is 19.4 Å². The molecule has 2 fully saturated rings. The van der Waals surface area contributed by atoms with E-state index >= 15 is 0 Å². The van der Waals surface area contributed by atoms with Gasteiger partial charge in [-0.25, -0.2) is 8.91 Å². The minimum atomic E-state index is -1.04. The van der Waals surface area contributed by atoms with Gasteiger partial charge in [0.05, 0.1) is 34.2 Å². The van der Waals surface area contributed by atoms with Gasteiger partial charge < -0.3 is 21.3 Å². The summed E-state index contributed by atoms with van der Waals surface area (Å²) in [5.41, 5.74) is 6.12. The number of benzene rings is 1. The molecule has 1 aromatic carbocycles. The molecule has 0 spiro atoms. The average molecular weight is 453 g/mol. The van der Waals surface area contributed by atoms with E-state index in [1.165, 1.54) is 18.3 Å². The number of nitrogens with two attached hydrogens (primary N) is 1. The Balaban J connectivity index is 1.64. The van der Waals surface area contributed by atoms with E-state index in [9.17, 15) is 19.4 Å². The lowest BCUT2D eigenvalue weighted by molar-refractivity contribution is -0.144. The Morgan fingerprint density at radius 3 is 2.61 bits per heavy atom. The number of aliphatic hydroxyl groups is 2. The molecule has 2 saturated carbocycles. The topological polar surface area (TPSA) is 113 Å². The van der Waals surface area contributed by atoms with Crippen molar-refractivity contribution in [3.63, 3.8) is 0 Å². The number of hydrogen-bond donors (Lipinski definition) is 4. The maximum Gasteiger partial charge on any atom is 0.252 e. The number of amides is 1. The Morgan fingerprint density at radius 1 is 1.18 bits per heavy atom. The maximum absolute atomic E-state index is 13.4. The van der Waals surface area contributed by atoms with Gasteiger partial charge in [-0.1, -0.05) is 19.1 Å². The molecule has 0 radical (unpaired) electrons. The van der Waals surface area contributed by atoms with Gasteiger partial charge in [-0.3, -0.25) is 4.79 Å². The number of primary amides is 1. The van der Waals surface area contributed by atoms with Crippen molar-refractivity contribution in [2.75, 3.05) is 5.32 Å². The number of anilines is 1. The van der Waals surface area contributed by atoms with Crippen LogP contribution in [0.25, 0.3) is 16.6 Å². The van der Waals surface area contributed by atoms with Crippen molar-refractivity contribution in [1.82, 2.24) is 9.61 Å². The molecule has 4 atom stereocenters. The molecule has 1 amide bonds. The normalized spacial score (nSPS) is 31.5. The second kappa shape index (κ2) is 7.27. The fraction of sp³-hybridized carbons (Fsp3) is 0.440. The van der Waals surface area contributed by atoms with Gasteiger partial charge in [0.1, 0.15) is 5.82 Å². The molecule has 0 aliphatic heterocycles. The second-order valence-electron chi connectivity index (χ2n) is 10.5. The van der Waals surface area contributed by atoms with Crippen LogP contribution in [-0.4, -0.2) is 42.5 Å². The SMILES string of the molecule is CC1CC2(O)CC(C)(O)CC(Nc3c(C(N)=O)cnn4cc(-c5ccc(F)cc5)cc34)(C1)C2. The van der Waals surface area contributed by atoms with E-state index in [1.807, 2.05) is 12.3 Å². The molecule has 8 heteroatoms. The van der Waals surface area contributed by atoms with Crippen LogP contribution >= 0.6 is 0 Å². The summed E-state index contributed by atoms with van der Waals surface area (Å²) < 4.78 is 15.1. The molecule has 2 aromatic heterocycles. The lowest BCUT2D eigenvalue weighted by atomic mass is 9.57. The molecule has 7 nitrogen and oxygen atoms in total. The fourth-order valence-corrected chi connectivity index (χ4v) is 6.51. The van der Waals surface area contributed by atoms with Crippen LogP contribution in [0.15, 0.2) is 42.7 Å². The van der Waals surface area contributed by atoms with Gasteiger partial charge in [0, 0.05) is 23.7 Å². The molecule has 2 bridgehead atoms. The Hall–Kier alpha value is -2.97. The highest BCUT2D eigenvalue weighted by Crippen LogP contribution is 2.52. The predicted molar refractivity (Wildman–Crippen MR) is 123 cm³/mol. The van der Waals surface area contributed by atoms with Gasteiger partial charge in [-0.2, -0.15) is 5.10 Å². The minimum Gasteiger partial charge on any atom is -0.390 e. The monoisotopic (exact) mass is 452 g/mol. The summed E-state index contributed by atoms with van der Waals surface area (Å²) >= 11 is 0. The van der Waals surface area contributed by atoms with E-state index in [4.69, 9.17) is 5.73 Å². The van der Waals surface area contributed by atoms with E-state index in [1.54, 1.807) is 23.6 Å². The van der Waals surface area contributed by atoms with Crippen LogP contribution in [-0.2, 0) is 0 Å². The van der Waals surface area contributed by atoms with Crippen molar-refractivity contribution in [3.8, 4) is 11.1 Å². The molecule has 0 saturated heterocycles. The van der Waals surface area contributed by atoms with Gasteiger partial charge in [0.25, 0.3) is 5.91 Å². The highest BCUT2D eigenvalue weighted by atomic mass is 19.1. The summed E-state index contributed by atoms with van der Waals surface area (Å²) in [6.45, 7) is 3.85. The molecular weight excluding hydrogens is 423 g/mol. The van der Waals surface area contributed by atoms with Crippen LogP contribution < -0.4 is 11.1 Å². The highest BCUT2D eigenvalue weighted by Gasteiger charge is 2.56. The number of fused-ring (bicyclic) bond motifs is 3. The first kappa shape index (κ1) is 21.9. The van der Waals surface area contributed by atoms with E-state index in [0.29, 0.717) is 36.9 Å². The number of nitrogens with one attached hydrogen (secondary N) is 1. The lowest BCUT2D eigenvalue weighted by Crippen LogP contribution is -2.62. The maximum atomic E-state index is 13.4. The summed E-state index contributed by atoms with van der Waals surface area (Å²) in [4.78, 5) is 12.3. The number of carbonyl (C=O) groups is 1. The summed E-state index contributed by atoms with van der Waals surface area (Å²) in [6, 6.07) is 8.04. The summed E-state index contributed by atoms with van der Waals surface area (Å²) in [6.07, 6.45) is 5.84. The number of nitrogens with zero attached hydrogens (tertiary/aromatic N) is 2. The molecule has 174 valence electrons. The van der Waals surface area contributed by atoms with E-state index in [0.717, 1.165) is 17.5 Å². The number of aromatic nitrogens is 2. The Morgan fingerprint density at radius 2 is 1.91 bits per heavy atom. The molecule has 5 N–H and O–H groups in total. The van der Waals surface area contributed by atoms with E-state index in [2.05, 4.69) is 17.3 Å². The smallest absolute Gasteiger partial charge is 0.252 e. The van der Waals surface area contributed by atoms with E-state index in [-0.39, 0.29) is 17.3 Å². The standard InChI is InChI=1S/C25H29FN4O3/c1-15-8-24(12-23(2,32)13-25(33,9-15)14-24)29-21-19(22(27)31)10-28-30-11-17(7-20(21)30)16-3-5-18(26)6-4-16/h3-7,10-11,15,29,32-33H,8-9,12-14H2,1-2H3,(H2,27,31). The fourth-order valence-electron chi connectivity index (χ4n) is 6.51. The molecule has 33 heavy (non-hydrogen) atoms. The van der Waals surface area contributed by atoms with Gasteiger partial charge in [-0.05, 0) is 62.3 Å². The molecule has 2 aliphatic rings. The number of carbonyl (C=O) groups excluding carboxylic acids is 1. The third-order valence-electron chi connectivity index (χ3n) is 7.03. The Bertz CT molecular complexity index is 1230. The van der Waals surface area contributed by atoms with Gasteiger partial charge in [0.15, 0.2) is 0 Å². The molecule has 2 aliphatic carbocycles. The van der Waals surface area contributed by atoms with Crippen LogP contribution in [0.3, 0.4) is 0 Å². The van der Waals surface area contributed by atoms with Crippen molar-refractivity contribution in [2.45, 2.75) is 62.7 Å². The first-order valence-electron chi connectivity index (χ1n) is 11.3. The third kappa shape index (κ3) is 3.98. The summed E-state index contributed by atoms with van der Waals surface area (Å²) in [5.74, 6) is -0.694. The van der Waals surface area contributed by atoms with E-state index < -0.39 is 22.6 Å². The first-order valence-corrected chi connectivity index (χ1v) is 11.3. The Kier molecular flexibility index (Phi) is 4.81. The molecule has 5 rings (SSSR count). The molecule has 4 unspecified atom stereocenters. The molecule has 3 aromatic rings.